The number of nitrogens with one attached hydrogen (secondary N) is 1. The van der Waals surface area contributed by atoms with Crippen molar-refractivity contribution in [1.29, 1.82) is 0 Å². The van der Waals surface area contributed by atoms with Gasteiger partial charge in [0.25, 0.3) is 0 Å². The van der Waals surface area contributed by atoms with Gasteiger partial charge in [-0.3, -0.25) is 4.79 Å². The van der Waals surface area contributed by atoms with Crippen LogP contribution in [-0.4, -0.2) is 57.2 Å². The molecule has 136 valence electrons. The summed E-state index contributed by atoms with van der Waals surface area (Å²) >= 11 is 0. The Labute approximate surface area is 156 Å². The van der Waals surface area contributed by atoms with Crippen LogP contribution in [0.4, 0.5) is 5.69 Å². The van der Waals surface area contributed by atoms with Gasteiger partial charge < -0.3 is 19.9 Å². The van der Waals surface area contributed by atoms with Gasteiger partial charge in [-0.25, -0.2) is 0 Å². The third-order valence-electron chi connectivity index (χ3n) is 4.66. The fourth-order valence-electron chi connectivity index (χ4n) is 3.38. The Bertz CT molecular complexity index is 516. The second-order valence-electron chi connectivity index (χ2n) is 6.03. The van der Waals surface area contributed by atoms with Crippen LogP contribution in [0.25, 0.3) is 0 Å². The van der Waals surface area contributed by atoms with Gasteiger partial charge in [-0.15, -0.1) is 24.8 Å². The molecule has 2 fully saturated rings. The third-order valence-corrected chi connectivity index (χ3v) is 4.66. The Hall–Kier alpha value is -1.17. The van der Waals surface area contributed by atoms with Gasteiger partial charge in [-0.2, -0.15) is 0 Å². The quantitative estimate of drug-likeness (QED) is 0.879. The summed E-state index contributed by atoms with van der Waals surface area (Å²) in [6.07, 6.45) is 2.14. The molecule has 7 heteroatoms. The van der Waals surface area contributed by atoms with Gasteiger partial charge in [0.1, 0.15) is 5.75 Å². The van der Waals surface area contributed by atoms with Gasteiger partial charge in [-0.05, 0) is 31.5 Å². The Kier molecular flexibility index (Phi) is 8.67. The number of carbonyl (C=O) groups is 1. The van der Waals surface area contributed by atoms with E-state index >= 15 is 0 Å². The molecule has 0 spiro atoms. The number of rotatable bonds is 3. The van der Waals surface area contributed by atoms with Crippen molar-refractivity contribution in [3.8, 4) is 5.75 Å². The zero-order valence-corrected chi connectivity index (χ0v) is 15.7. The van der Waals surface area contributed by atoms with Gasteiger partial charge in [-0.1, -0.05) is 12.1 Å². The van der Waals surface area contributed by atoms with Crippen molar-refractivity contribution in [2.45, 2.75) is 12.8 Å². The molecule has 0 saturated carbocycles. The Morgan fingerprint density at radius 3 is 2.50 bits per heavy atom. The molecule has 2 aliphatic heterocycles. The number of carbonyl (C=O) groups excluding carboxylic acids is 1. The van der Waals surface area contributed by atoms with Crippen LogP contribution in [0.1, 0.15) is 12.8 Å². The van der Waals surface area contributed by atoms with Crippen molar-refractivity contribution < 1.29 is 9.53 Å². The van der Waals surface area contributed by atoms with E-state index in [1.807, 2.05) is 23.1 Å². The summed E-state index contributed by atoms with van der Waals surface area (Å²) in [5, 5.41) is 3.33. The standard InChI is InChI=1S/C17H25N3O2.2ClH/c1-22-16-7-3-2-6-15(16)19-9-11-20(12-10-19)17(21)14-5-4-8-18-13-14;;/h2-3,6-7,14,18H,4-5,8-13H2,1H3;2*1H. The van der Waals surface area contributed by atoms with Crippen LogP contribution in [0.2, 0.25) is 0 Å². The predicted molar refractivity (Wildman–Crippen MR) is 102 cm³/mol. The predicted octanol–water partition coefficient (Wildman–Crippen LogP) is 2.19. The van der Waals surface area contributed by atoms with Crippen LogP contribution in [0.3, 0.4) is 0 Å². The second kappa shape index (κ2) is 9.97. The first-order valence-electron chi connectivity index (χ1n) is 8.17. The van der Waals surface area contributed by atoms with Crippen molar-refractivity contribution in [1.82, 2.24) is 10.2 Å². The normalized spacial score (nSPS) is 20.6. The molecule has 2 aliphatic rings. The summed E-state index contributed by atoms with van der Waals surface area (Å²) in [5.41, 5.74) is 1.12. The smallest absolute Gasteiger partial charge is 0.227 e. The highest BCUT2D eigenvalue weighted by molar-refractivity contribution is 5.85. The van der Waals surface area contributed by atoms with E-state index in [0.717, 1.165) is 63.5 Å². The molecule has 1 N–H and O–H groups in total. The second-order valence-corrected chi connectivity index (χ2v) is 6.03. The van der Waals surface area contributed by atoms with E-state index in [1.165, 1.54) is 0 Å². The van der Waals surface area contributed by atoms with Crippen LogP contribution in [0, 0.1) is 5.92 Å². The van der Waals surface area contributed by atoms with Gasteiger partial charge >= 0.3 is 0 Å². The first-order chi connectivity index (χ1) is 10.8. The zero-order valence-electron chi connectivity index (χ0n) is 14.1. The molecule has 1 aromatic carbocycles. The number of amides is 1. The van der Waals surface area contributed by atoms with Crippen molar-refractivity contribution in [3.63, 3.8) is 0 Å². The van der Waals surface area contributed by atoms with Crippen molar-refractivity contribution in [3.05, 3.63) is 24.3 Å². The third kappa shape index (κ3) is 4.68. The highest BCUT2D eigenvalue weighted by Crippen LogP contribution is 2.28. The largest absolute Gasteiger partial charge is 0.495 e. The summed E-state index contributed by atoms with van der Waals surface area (Å²) in [6.45, 7) is 5.22. The van der Waals surface area contributed by atoms with Crippen molar-refractivity contribution in [2.24, 2.45) is 5.92 Å². The molecular weight excluding hydrogens is 349 g/mol. The molecule has 0 bridgehead atoms. The summed E-state index contributed by atoms with van der Waals surface area (Å²) in [5.74, 6) is 1.40. The molecule has 1 unspecified atom stereocenters. The number of halogens is 2. The van der Waals surface area contributed by atoms with Crippen LogP contribution >= 0.6 is 24.8 Å². The number of anilines is 1. The molecule has 24 heavy (non-hydrogen) atoms. The van der Waals surface area contributed by atoms with Crippen molar-refractivity contribution >= 4 is 36.4 Å². The minimum absolute atomic E-state index is 0. The number of hydrogen-bond acceptors (Lipinski definition) is 4. The van der Waals surface area contributed by atoms with Gasteiger partial charge in [0.05, 0.1) is 18.7 Å². The van der Waals surface area contributed by atoms with E-state index < -0.39 is 0 Å². The Morgan fingerprint density at radius 1 is 1.17 bits per heavy atom. The highest BCUT2D eigenvalue weighted by Gasteiger charge is 2.28. The van der Waals surface area contributed by atoms with Gasteiger partial charge in [0, 0.05) is 32.7 Å². The van der Waals surface area contributed by atoms with E-state index in [9.17, 15) is 4.79 Å². The van der Waals surface area contributed by atoms with E-state index in [1.54, 1.807) is 7.11 Å². The molecule has 5 nitrogen and oxygen atoms in total. The molecule has 1 atom stereocenters. The average molecular weight is 376 g/mol. The first-order valence-corrected chi connectivity index (χ1v) is 8.17. The van der Waals surface area contributed by atoms with E-state index in [4.69, 9.17) is 4.74 Å². The summed E-state index contributed by atoms with van der Waals surface area (Å²) in [4.78, 5) is 16.9. The number of piperidine rings is 1. The summed E-state index contributed by atoms with van der Waals surface area (Å²) < 4.78 is 5.44. The molecule has 2 saturated heterocycles. The summed E-state index contributed by atoms with van der Waals surface area (Å²) in [7, 11) is 1.70. The van der Waals surface area contributed by atoms with E-state index in [0.29, 0.717) is 5.91 Å². The van der Waals surface area contributed by atoms with Crippen molar-refractivity contribution in [2.75, 3.05) is 51.3 Å². The maximum absolute atomic E-state index is 12.6. The van der Waals surface area contributed by atoms with Crippen LogP contribution in [0.15, 0.2) is 24.3 Å². The number of methoxy groups -OCH3 is 1. The maximum atomic E-state index is 12.6. The SMILES string of the molecule is COc1ccccc1N1CCN(C(=O)C2CCCNC2)CC1.Cl.Cl. The van der Waals surface area contributed by atoms with E-state index in [-0.39, 0.29) is 30.7 Å². The molecule has 1 aromatic rings. The number of piperazine rings is 1. The Morgan fingerprint density at radius 2 is 1.88 bits per heavy atom. The lowest BCUT2D eigenvalue weighted by Gasteiger charge is -2.38. The molecule has 0 aromatic heterocycles. The van der Waals surface area contributed by atoms with Crippen LogP contribution in [-0.2, 0) is 4.79 Å². The zero-order chi connectivity index (χ0) is 15.4. The molecule has 0 radical (unpaired) electrons. The minimum Gasteiger partial charge on any atom is -0.495 e. The number of hydrogen-bond donors (Lipinski definition) is 1. The van der Waals surface area contributed by atoms with Gasteiger partial charge in [0.2, 0.25) is 5.91 Å². The fraction of sp³-hybridized carbons (Fsp3) is 0.588. The number of nitrogens with zero attached hydrogens (tertiary/aromatic N) is 2. The van der Waals surface area contributed by atoms with Crippen LogP contribution < -0.4 is 15.0 Å². The topological polar surface area (TPSA) is 44.8 Å². The molecular formula is C17H27Cl2N3O2. The summed E-state index contributed by atoms with van der Waals surface area (Å²) in [6, 6.07) is 8.09. The lowest BCUT2D eigenvalue weighted by atomic mass is 9.98. The van der Waals surface area contributed by atoms with Crippen LogP contribution in [0.5, 0.6) is 5.75 Å². The maximum Gasteiger partial charge on any atom is 0.227 e. The number of para-hydroxylation sites is 2. The highest BCUT2D eigenvalue weighted by atomic mass is 35.5. The first kappa shape index (κ1) is 20.9. The molecule has 1 amide bonds. The molecule has 2 heterocycles. The molecule has 3 rings (SSSR count). The Balaban J connectivity index is 0.00000144. The van der Waals surface area contributed by atoms with Gasteiger partial charge in [0.15, 0.2) is 0 Å². The lowest BCUT2D eigenvalue weighted by molar-refractivity contribution is -0.136. The number of benzene rings is 1. The van der Waals surface area contributed by atoms with E-state index in [2.05, 4.69) is 16.3 Å². The average Bonchev–Trinajstić information content (AvgIpc) is 2.62. The monoisotopic (exact) mass is 375 g/mol. The minimum atomic E-state index is 0. The lowest BCUT2D eigenvalue weighted by Crippen LogP contribution is -2.52. The fourth-order valence-corrected chi connectivity index (χ4v) is 3.38. The number of ether oxygens (including phenoxy) is 1. The molecule has 0 aliphatic carbocycles.